The van der Waals surface area contributed by atoms with E-state index in [9.17, 15) is 4.79 Å². The Hall–Kier alpha value is -3.00. The lowest BCUT2D eigenvalue weighted by atomic mass is 9.87. The summed E-state index contributed by atoms with van der Waals surface area (Å²) in [4.78, 5) is 12.7. The number of rotatable bonds is 5. The minimum atomic E-state index is -0.359. The molecule has 3 aromatic rings. The first-order chi connectivity index (χ1) is 15.2. The van der Waals surface area contributed by atoms with Crippen LogP contribution in [0.1, 0.15) is 45.2 Å². The number of aromatic nitrogens is 3. The molecule has 2 heterocycles. The molecule has 1 aliphatic heterocycles. The van der Waals surface area contributed by atoms with Crippen molar-refractivity contribution < 1.29 is 14.3 Å². The average molecular weight is 453 g/mol. The first-order valence-corrected chi connectivity index (χ1v) is 11.5. The highest BCUT2D eigenvalue weighted by atomic mass is 32.2. The van der Waals surface area contributed by atoms with Gasteiger partial charge >= 0.3 is 0 Å². The van der Waals surface area contributed by atoms with Crippen LogP contribution >= 0.6 is 11.8 Å². The predicted molar refractivity (Wildman–Crippen MR) is 125 cm³/mol. The molecular weight excluding hydrogens is 424 g/mol. The fraction of sp³-hybridized carbons (Fsp3) is 0.375. The Kier molecular flexibility index (Phi) is 6.15. The van der Waals surface area contributed by atoms with E-state index in [1.54, 1.807) is 0 Å². The molecule has 1 N–H and O–H groups in total. The van der Waals surface area contributed by atoms with Crippen LogP contribution in [0.2, 0.25) is 0 Å². The Labute approximate surface area is 192 Å². The standard InChI is InChI=1S/C24H28N4O3S/c1-15(22(29)25-17-12-10-16(11-13-17)24(2,3)4)32-23-27-26-21(28(23)5)20-14-30-18-8-6-7-9-19(18)31-20/h6-13,15,20H,14H2,1-5H3,(H,25,29). The van der Waals surface area contributed by atoms with Gasteiger partial charge in [-0.3, -0.25) is 4.79 Å². The van der Waals surface area contributed by atoms with Gasteiger partial charge in [0, 0.05) is 12.7 Å². The van der Waals surface area contributed by atoms with Crippen LogP contribution in [0.3, 0.4) is 0 Å². The summed E-state index contributed by atoms with van der Waals surface area (Å²) in [5.74, 6) is 1.98. The minimum Gasteiger partial charge on any atom is -0.485 e. The summed E-state index contributed by atoms with van der Waals surface area (Å²) in [7, 11) is 1.87. The van der Waals surface area contributed by atoms with E-state index in [-0.39, 0.29) is 22.7 Å². The van der Waals surface area contributed by atoms with Gasteiger partial charge in [0.25, 0.3) is 0 Å². The van der Waals surface area contributed by atoms with E-state index < -0.39 is 0 Å². The van der Waals surface area contributed by atoms with E-state index in [0.29, 0.717) is 23.3 Å². The van der Waals surface area contributed by atoms with Crippen molar-refractivity contribution in [1.29, 1.82) is 0 Å². The Bertz CT molecular complexity index is 1110. The highest BCUT2D eigenvalue weighted by Gasteiger charge is 2.28. The quantitative estimate of drug-likeness (QED) is 0.563. The van der Waals surface area contributed by atoms with Gasteiger partial charge in [0.15, 0.2) is 28.6 Å². The van der Waals surface area contributed by atoms with Crippen LogP contribution in [0, 0.1) is 0 Å². The van der Waals surface area contributed by atoms with Crippen LogP contribution in [0.5, 0.6) is 11.5 Å². The lowest BCUT2D eigenvalue weighted by Crippen LogP contribution is -2.25. The zero-order chi connectivity index (χ0) is 22.9. The number of amides is 1. The topological polar surface area (TPSA) is 78.3 Å². The molecule has 0 saturated carbocycles. The van der Waals surface area contributed by atoms with E-state index in [1.807, 2.05) is 67.1 Å². The number of para-hydroxylation sites is 2. The van der Waals surface area contributed by atoms with Crippen molar-refractivity contribution in [2.75, 3.05) is 11.9 Å². The second-order valence-corrected chi connectivity index (χ2v) is 10.1. The molecule has 8 heteroatoms. The second-order valence-electron chi connectivity index (χ2n) is 8.84. The molecule has 2 atom stereocenters. The first kappa shape index (κ1) is 22.2. The van der Waals surface area contributed by atoms with Crippen molar-refractivity contribution in [2.45, 2.75) is 49.6 Å². The molecule has 0 radical (unpaired) electrons. The molecule has 2 aromatic carbocycles. The Morgan fingerprint density at radius 3 is 2.50 bits per heavy atom. The lowest BCUT2D eigenvalue weighted by molar-refractivity contribution is -0.115. The van der Waals surface area contributed by atoms with E-state index in [4.69, 9.17) is 9.47 Å². The van der Waals surface area contributed by atoms with Gasteiger partial charge in [-0.15, -0.1) is 10.2 Å². The van der Waals surface area contributed by atoms with Crippen molar-refractivity contribution in [2.24, 2.45) is 7.05 Å². The number of carbonyl (C=O) groups is 1. The number of thioether (sulfide) groups is 1. The SMILES string of the molecule is CC(Sc1nnc(C2COc3ccccc3O2)n1C)C(=O)Nc1ccc(C(C)(C)C)cc1. The highest BCUT2D eigenvalue weighted by Crippen LogP contribution is 2.36. The molecule has 1 aliphatic rings. The van der Waals surface area contributed by atoms with Crippen molar-refractivity contribution in [3.05, 3.63) is 59.9 Å². The van der Waals surface area contributed by atoms with Crippen LogP contribution in [0.4, 0.5) is 5.69 Å². The van der Waals surface area contributed by atoms with Crippen LogP contribution in [-0.4, -0.2) is 32.5 Å². The van der Waals surface area contributed by atoms with Gasteiger partial charge in [-0.1, -0.05) is 56.8 Å². The number of hydrogen-bond donors (Lipinski definition) is 1. The number of fused-ring (bicyclic) bond motifs is 1. The van der Waals surface area contributed by atoms with Crippen molar-refractivity contribution >= 4 is 23.4 Å². The minimum absolute atomic E-state index is 0.0732. The fourth-order valence-corrected chi connectivity index (χ4v) is 4.19. The zero-order valence-corrected chi connectivity index (χ0v) is 19.8. The number of anilines is 1. The van der Waals surface area contributed by atoms with Crippen LogP contribution in [0.15, 0.2) is 53.7 Å². The van der Waals surface area contributed by atoms with E-state index >= 15 is 0 Å². The average Bonchev–Trinajstić information content (AvgIpc) is 3.13. The molecule has 32 heavy (non-hydrogen) atoms. The molecule has 0 bridgehead atoms. The molecule has 1 aromatic heterocycles. The third kappa shape index (κ3) is 4.75. The van der Waals surface area contributed by atoms with Gasteiger partial charge in [-0.25, -0.2) is 0 Å². The van der Waals surface area contributed by atoms with E-state index in [2.05, 4.69) is 36.3 Å². The summed E-state index contributed by atoms with van der Waals surface area (Å²) in [6, 6.07) is 15.5. The molecule has 1 amide bonds. The summed E-state index contributed by atoms with van der Waals surface area (Å²) in [6.45, 7) is 8.70. The third-order valence-electron chi connectivity index (χ3n) is 5.34. The maximum atomic E-state index is 12.7. The lowest BCUT2D eigenvalue weighted by Gasteiger charge is -2.25. The number of benzene rings is 2. The van der Waals surface area contributed by atoms with Gasteiger partial charge in [-0.05, 0) is 42.2 Å². The molecule has 4 rings (SSSR count). The first-order valence-electron chi connectivity index (χ1n) is 10.6. The largest absolute Gasteiger partial charge is 0.485 e. The zero-order valence-electron chi connectivity index (χ0n) is 19.0. The number of nitrogens with one attached hydrogen (secondary N) is 1. The van der Waals surface area contributed by atoms with Crippen LogP contribution in [0.25, 0.3) is 0 Å². The third-order valence-corrected chi connectivity index (χ3v) is 6.47. The number of hydrogen-bond acceptors (Lipinski definition) is 6. The molecule has 2 unspecified atom stereocenters. The summed E-state index contributed by atoms with van der Waals surface area (Å²) >= 11 is 1.36. The van der Waals surface area contributed by atoms with Crippen molar-refractivity contribution in [3.63, 3.8) is 0 Å². The maximum absolute atomic E-state index is 12.7. The van der Waals surface area contributed by atoms with Crippen LogP contribution in [-0.2, 0) is 17.3 Å². The van der Waals surface area contributed by atoms with E-state index in [0.717, 1.165) is 11.4 Å². The van der Waals surface area contributed by atoms with Gasteiger partial charge in [0.2, 0.25) is 5.91 Å². The second kappa shape index (κ2) is 8.86. The summed E-state index contributed by atoms with van der Waals surface area (Å²) in [5.41, 5.74) is 2.07. The summed E-state index contributed by atoms with van der Waals surface area (Å²) in [5, 5.41) is 11.8. The maximum Gasteiger partial charge on any atom is 0.237 e. The Morgan fingerprint density at radius 2 is 1.81 bits per heavy atom. The molecule has 0 aliphatic carbocycles. The van der Waals surface area contributed by atoms with Gasteiger partial charge in [-0.2, -0.15) is 0 Å². The van der Waals surface area contributed by atoms with Gasteiger partial charge in [0.05, 0.1) is 5.25 Å². The Morgan fingerprint density at radius 1 is 1.12 bits per heavy atom. The number of carbonyl (C=O) groups excluding carboxylic acids is 1. The molecule has 0 fully saturated rings. The fourth-order valence-electron chi connectivity index (χ4n) is 3.37. The van der Waals surface area contributed by atoms with E-state index in [1.165, 1.54) is 17.3 Å². The van der Waals surface area contributed by atoms with Gasteiger partial charge < -0.3 is 19.4 Å². The van der Waals surface area contributed by atoms with Crippen molar-refractivity contribution in [1.82, 2.24) is 14.8 Å². The number of ether oxygens (including phenoxy) is 2. The smallest absolute Gasteiger partial charge is 0.237 e. The molecule has 7 nitrogen and oxygen atoms in total. The Balaban J connectivity index is 1.39. The van der Waals surface area contributed by atoms with Gasteiger partial charge in [0.1, 0.15) is 6.61 Å². The molecular formula is C24H28N4O3S. The molecule has 0 spiro atoms. The predicted octanol–water partition coefficient (Wildman–Crippen LogP) is 4.74. The molecule has 168 valence electrons. The number of nitrogens with zero attached hydrogens (tertiary/aromatic N) is 3. The van der Waals surface area contributed by atoms with Crippen LogP contribution < -0.4 is 14.8 Å². The summed E-state index contributed by atoms with van der Waals surface area (Å²) < 4.78 is 13.7. The normalized spacial score (nSPS) is 16.5. The highest BCUT2D eigenvalue weighted by molar-refractivity contribution is 8.00. The molecule has 0 saturated heterocycles. The van der Waals surface area contributed by atoms with Crippen molar-refractivity contribution in [3.8, 4) is 11.5 Å². The monoisotopic (exact) mass is 452 g/mol. The summed E-state index contributed by atoms with van der Waals surface area (Å²) in [6.07, 6.45) is -0.359.